The molecule has 3 aromatic rings. The normalized spacial score (nSPS) is 11.5. The van der Waals surface area contributed by atoms with Crippen LogP contribution in [-0.4, -0.2) is 29.3 Å². The average Bonchev–Trinajstić information content (AvgIpc) is 3.07. The molecule has 0 atom stereocenters. The fourth-order valence-corrected chi connectivity index (χ4v) is 3.18. The van der Waals surface area contributed by atoms with Crippen LogP contribution < -0.4 is 5.32 Å². The number of nitrogens with one attached hydrogen (secondary N) is 2. The van der Waals surface area contributed by atoms with Gasteiger partial charge in [-0.05, 0) is 23.6 Å². The minimum Gasteiger partial charge on any atom is -0.445 e. The minimum absolute atomic E-state index is 0.0410. The van der Waals surface area contributed by atoms with Crippen molar-refractivity contribution in [3.05, 3.63) is 71.4 Å². The van der Waals surface area contributed by atoms with Crippen molar-refractivity contribution < 1.29 is 14.6 Å². The van der Waals surface area contributed by atoms with E-state index in [9.17, 15) is 9.90 Å². The number of aliphatic hydroxyl groups is 1. The van der Waals surface area contributed by atoms with Gasteiger partial charge in [-0.3, -0.25) is 0 Å². The molecule has 1 heterocycles. The Morgan fingerprint density at radius 2 is 1.81 bits per heavy atom. The number of aliphatic hydroxyl groups excluding tert-OH is 1. The van der Waals surface area contributed by atoms with Gasteiger partial charge in [0.1, 0.15) is 6.61 Å². The summed E-state index contributed by atoms with van der Waals surface area (Å²) in [5.41, 5.74) is 3.73. The van der Waals surface area contributed by atoms with E-state index >= 15 is 0 Å². The lowest BCUT2D eigenvalue weighted by molar-refractivity contribution is 0.140. The maximum Gasteiger partial charge on any atom is 0.407 e. The second-order valence-electron chi connectivity index (χ2n) is 7.30. The fourth-order valence-electron chi connectivity index (χ4n) is 3.18. The lowest BCUT2D eigenvalue weighted by Gasteiger charge is -2.22. The maximum absolute atomic E-state index is 12.0. The first-order chi connectivity index (χ1) is 13.0. The van der Waals surface area contributed by atoms with Gasteiger partial charge < -0.3 is 20.1 Å². The van der Waals surface area contributed by atoms with E-state index in [1.165, 1.54) is 0 Å². The Hall–Kier alpha value is -2.79. The molecule has 0 aliphatic heterocycles. The number of aromatic nitrogens is 1. The van der Waals surface area contributed by atoms with Gasteiger partial charge in [0.05, 0.1) is 6.61 Å². The van der Waals surface area contributed by atoms with E-state index in [1.807, 2.05) is 62.4 Å². The number of para-hydroxylation sites is 1. The molecule has 5 nitrogen and oxygen atoms in total. The highest BCUT2D eigenvalue weighted by Gasteiger charge is 2.26. The number of amides is 1. The SMILES string of the molecule is CC(C)(CO)c1[nH]c2ccccc2c1CCNC(=O)OCc1ccccc1. The number of benzene rings is 2. The van der Waals surface area contributed by atoms with Crippen LogP contribution in [0.25, 0.3) is 10.9 Å². The van der Waals surface area contributed by atoms with Crippen molar-refractivity contribution in [2.45, 2.75) is 32.3 Å². The first kappa shape index (κ1) is 19.0. The third-order valence-electron chi connectivity index (χ3n) is 4.74. The summed E-state index contributed by atoms with van der Waals surface area (Å²) in [5, 5.41) is 13.7. The average molecular weight is 366 g/mol. The predicted octanol–water partition coefficient (Wildman–Crippen LogP) is 3.91. The molecule has 0 aliphatic rings. The van der Waals surface area contributed by atoms with Gasteiger partial charge in [0.2, 0.25) is 0 Å². The quantitative estimate of drug-likeness (QED) is 0.593. The number of hydrogen-bond donors (Lipinski definition) is 3. The Labute approximate surface area is 159 Å². The van der Waals surface area contributed by atoms with Crippen LogP contribution in [0.4, 0.5) is 4.79 Å². The highest BCUT2D eigenvalue weighted by atomic mass is 16.5. The van der Waals surface area contributed by atoms with Gasteiger partial charge in [0.25, 0.3) is 0 Å². The molecule has 0 spiro atoms. The summed E-state index contributed by atoms with van der Waals surface area (Å²) in [7, 11) is 0. The van der Waals surface area contributed by atoms with E-state index < -0.39 is 6.09 Å². The molecule has 3 N–H and O–H groups in total. The van der Waals surface area contributed by atoms with Crippen molar-refractivity contribution in [3.63, 3.8) is 0 Å². The van der Waals surface area contributed by atoms with Gasteiger partial charge in [-0.1, -0.05) is 62.4 Å². The van der Waals surface area contributed by atoms with Crippen molar-refractivity contribution in [2.24, 2.45) is 0 Å². The van der Waals surface area contributed by atoms with E-state index in [1.54, 1.807) is 0 Å². The maximum atomic E-state index is 12.0. The number of hydrogen-bond acceptors (Lipinski definition) is 3. The Morgan fingerprint density at radius 3 is 2.56 bits per heavy atom. The molecular formula is C22H26N2O3. The Morgan fingerprint density at radius 1 is 1.11 bits per heavy atom. The van der Waals surface area contributed by atoms with E-state index in [2.05, 4.69) is 16.4 Å². The molecule has 142 valence electrons. The molecule has 27 heavy (non-hydrogen) atoms. The zero-order valence-electron chi connectivity index (χ0n) is 15.8. The number of H-pyrrole nitrogens is 1. The van der Waals surface area contributed by atoms with Crippen LogP contribution in [0.5, 0.6) is 0 Å². The zero-order valence-corrected chi connectivity index (χ0v) is 15.8. The summed E-state index contributed by atoms with van der Waals surface area (Å²) in [5.74, 6) is 0. The standard InChI is InChI=1S/C22H26N2O3/c1-22(2,15-25)20-18(17-10-6-7-11-19(17)24-20)12-13-23-21(26)27-14-16-8-4-3-5-9-16/h3-11,24-25H,12-15H2,1-2H3,(H,23,26). The number of aromatic amines is 1. The van der Waals surface area contributed by atoms with E-state index in [0.717, 1.165) is 27.7 Å². The molecule has 5 heteroatoms. The van der Waals surface area contributed by atoms with Gasteiger partial charge in [-0.25, -0.2) is 4.79 Å². The van der Waals surface area contributed by atoms with Gasteiger partial charge in [-0.15, -0.1) is 0 Å². The molecule has 1 aromatic heterocycles. The fraction of sp³-hybridized carbons (Fsp3) is 0.318. The lowest BCUT2D eigenvalue weighted by atomic mass is 9.86. The molecule has 1 amide bonds. The number of carbonyl (C=O) groups is 1. The van der Waals surface area contributed by atoms with Crippen LogP contribution >= 0.6 is 0 Å². The topological polar surface area (TPSA) is 74.4 Å². The van der Waals surface area contributed by atoms with Crippen LogP contribution in [0.3, 0.4) is 0 Å². The van der Waals surface area contributed by atoms with Gasteiger partial charge in [-0.2, -0.15) is 0 Å². The molecular weight excluding hydrogens is 340 g/mol. The first-order valence-corrected chi connectivity index (χ1v) is 9.17. The van der Waals surface area contributed by atoms with E-state index in [-0.39, 0.29) is 18.6 Å². The number of alkyl carbamates (subject to hydrolysis) is 1. The predicted molar refractivity (Wildman–Crippen MR) is 107 cm³/mol. The minimum atomic E-state index is -0.429. The van der Waals surface area contributed by atoms with Crippen LogP contribution in [-0.2, 0) is 23.2 Å². The van der Waals surface area contributed by atoms with Crippen molar-refractivity contribution >= 4 is 17.0 Å². The van der Waals surface area contributed by atoms with Crippen LogP contribution in [0, 0.1) is 0 Å². The molecule has 2 aromatic carbocycles. The number of fused-ring (bicyclic) bond motifs is 1. The molecule has 0 unspecified atom stereocenters. The van der Waals surface area contributed by atoms with Crippen molar-refractivity contribution in [2.75, 3.05) is 13.2 Å². The van der Waals surface area contributed by atoms with Gasteiger partial charge in [0, 0.05) is 28.6 Å². The number of ether oxygens (including phenoxy) is 1. The van der Waals surface area contributed by atoms with Crippen LogP contribution in [0.2, 0.25) is 0 Å². The van der Waals surface area contributed by atoms with Crippen molar-refractivity contribution in [1.29, 1.82) is 0 Å². The van der Waals surface area contributed by atoms with Crippen molar-refractivity contribution in [1.82, 2.24) is 10.3 Å². The first-order valence-electron chi connectivity index (χ1n) is 9.17. The summed E-state index contributed by atoms with van der Waals surface area (Å²) < 4.78 is 5.26. The molecule has 3 rings (SSSR count). The third kappa shape index (κ3) is 4.49. The van der Waals surface area contributed by atoms with Gasteiger partial charge >= 0.3 is 6.09 Å². The number of rotatable bonds is 7. The Kier molecular flexibility index (Phi) is 5.81. The van der Waals surface area contributed by atoms with Crippen molar-refractivity contribution in [3.8, 4) is 0 Å². The second-order valence-corrected chi connectivity index (χ2v) is 7.30. The molecule has 0 fully saturated rings. The largest absolute Gasteiger partial charge is 0.445 e. The van der Waals surface area contributed by atoms with Crippen LogP contribution in [0.1, 0.15) is 30.7 Å². The summed E-state index contributed by atoms with van der Waals surface area (Å²) in [4.78, 5) is 15.4. The molecule has 0 aliphatic carbocycles. The Balaban J connectivity index is 1.64. The lowest BCUT2D eigenvalue weighted by Crippen LogP contribution is -2.28. The van der Waals surface area contributed by atoms with E-state index in [4.69, 9.17) is 4.74 Å². The second kappa shape index (κ2) is 8.27. The molecule has 0 saturated carbocycles. The summed E-state index contributed by atoms with van der Waals surface area (Å²) >= 11 is 0. The highest BCUT2D eigenvalue weighted by molar-refractivity contribution is 5.85. The molecule has 0 radical (unpaired) electrons. The molecule has 0 saturated heterocycles. The van der Waals surface area contributed by atoms with Gasteiger partial charge in [0.15, 0.2) is 0 Å². The Bertz CT molecular complexity index is 900. The monoisotopic (exact) mass is 366 g/mol. The smallest absolute Gasteiger partial charge is 0.407 e. The number of carbonyl (C=O) groups excluding carboxylic acids is 1. The summed E-state index contributed by atoms with van der Waals surface area (Å²) in [6.45, 7) is 4.76. The highest BCUT2D eigenvalue weighted by Crippen LogP contribution is 2.31. The molecule has 0 bridgehead atoms. The van der Waals surface area contributed by atoms with Crippen LogP contribution in [0.15, 0.2) is 54.6 Å². The zero-order chi connectivity index (χ0) is 19.3. The third-order valence-corrected chi connectivity index (χ3v) is 4.74. The van der Waals surface area contributed by atoms with E-state index in [0.29, 0.717) is 13.0 Å². The summed E-state index contributed by atoms with van der Waals surface area (Å²) in [6.07, 6.45) is 0.227. The summed E-state index contributed by atoms with van der Waals surface area (Å²) in [6, 6.07) is 17.7.